The van der Waals surface area contributed by atoms with E-state index in [2.05, 4.69) is 11.1 Å². The molecule has 0 spiro atoms. The lowest BCUT2D eigenvalue weighted by Crippen LogP contribution is -2.19. The summed E-state index contributed by atoms with van der Waals surface area (Å²) in [5.74, 6) is 0.747. The van der Waals surface area contributed by atoms with Gasteiger partial charge < -0.3 is 0 Å². The van der Waals surface area contributed by atoms with Crippen molar-refractivity contribution in [3.05, 3.63) is 29.3 Å². The topological polar surface area (TPSA) is 30.0 Å². The van der Waals surface area contributed by atoms with Crippen molar-refractivity contribution < 1.29 is 4.79 Å². The van der Waals surface area contributed by atoms with Gasteiger partial charge >= 0.3 is 0 Å². The van der Waals surface area contributed by atoms with Crippen molar-refractivity contribution >= 4 is 38.9 Å². The Morgan fingerprint density at radius 2 is 2.22 bits per heavy atom. The van der Waals surface area contributed by atoms with E-state index in [1.807, 2.05) is 31.5 Å². The number of hydrogen-bond donors (Lipinski definition) is 0. The van der Waals surface area contributed by atoms with Gasteiger partial charge in [-0.25, -0.2) is 4.98 Å². The van der Waals surface area contributed by atoms with Gasteiger partial charge in [-0.1, -0.05) is 19.9 Å². The van der Waals surface area contributed by atoms with Crippen LogP contribution in [0.3, 0.4) is 0 Å². The number of carbonyl (C=O) groups excluding carboxylic acids is 1. The number of thiazole rings is 1. The average molecular weight is 282 g/mol. The number of rotatable bonds is 5. The molecule has 0 unspecified atom stereocenters. The lowest BCUT2D eigenvalue weighted by atomic mass is 9.88. The number of ketones is 1. The van der Waals surface area contributed by atoms with Crippen LogP contribution in [0.25, 0.3) is 10.2 Å². The van der Waals surface area contributed by atoms with E-state index >= 15 is 0 Å². The minimum atomic E-state index is -0.118. The Morgan fingerprint density at radius 3 is 2.94 bits per heavy atom. The Morgan fingerprint density at radius 1 is 1.44 bits per heavy atom. The first kappa shape index (κ1) is 13.5. The second-order valence-electron chi connectivity index (χ2n) is 5.34. The first-order valence-corrected chi connectivity index (χ1v) is 7.31. The monoisotopic (exact) mass is 281 g/mol. The van der Waals surface area contributed by atoms with Gasteiger partial charge in [-0.2, -0.15) is 0 Å². The van der Waals surface area contributed by atoms with E-state index in [1.165, 1.54) is 0 Å². The number of carbonyl (C=O) groups is 1. The van der Waals surface area contributed by atoms with E-state index in [9.17, 15) is 4.79 Å². The third-order valence-corrected chi connectivity index (χ3v) is 4.35. The van der Waals surface area contributed by atoms with Crippen molar-refractivity contribution in [2.75, 3.05) is 5.88 Å². The summed E-state index contributed by atoms with van der Waals surface area (Å²) >= 11 is 7.45. The van der Waals surface area contributed by atoms with Gasteiger partial charge in [0, 0.05) is 18.7 Å². The molecule has 4 heteroatoms. The molecule has 0 aliphatic carbocycles. The molecular formula is C14H16ClNOS. The fourth-order valence-corrected chi connectivity index (χ4v) is 2.72. The lowest BCUT2D eigenvalue weighted by Gasteiger charge is -2.19. The van der Waals surface area contributed by atoms with Crippen molar-refractivity contribution in [3.8, 4) is 0 Å². The highest BCUT2D eigenvalue weighted by atomic mass is 35.5. The molecule has 18 heavy (non-hydrogen) atoms. The van der Waals surface area contributed by atoms with Crippen molar-refractivity contribution in [1.82, 2.24) is 4.98 Å². The van der Waals surface area contributed by atoms with Gasteiger partial charge in [0.1, 0.15) is 5.78 Å². The summed E-state index contributed by atoms with van der Waals surface area (Å²) in [7, 11) is 0. The molecule has 2 aromatic rings. The largest absolute Gasteiger partial charge is 0.299 e. The Labute approximate surface area is 116 Å². The van der Waals surface area contributed by atoms with E-state index < -0.39 is 0 Å². The van der Waals surface area contributed by atoms with Gasteiger partial charge in [-0.05, 0) is 23.1 Å². The number of aromatic nitrogens is 1. The highest BCUT2D eigenvalue weighted by molar-refractivity contribution is 7.16. The zero-order valence-corrected chi connectivity index (χ0v) is 12.1. The van der Waals surface area contributed by atoms with E-state index in [1.54, 1.807) is 11.3 Å². The zero-order valence-electron chi connectivity index (χ0n) is 10.6. The van der Waals surface area contributed by atoms with Gasteiger partial charge in [0.15, 0.2) is 0 Å². The molecule has 2 rings (SSSR count). The number of hydrogen-bond acceptors (Lipinski definition) is 3. The van der Waals surface area contributed by atoms with Gasteiger partial charge in [0.05, 0.1) is 15.7 Å². The summed E-state index contributed by atoms with van der Waals surface area (Å²) in [6.07, 6.45) is 1.01. The molecule has 0 radical (unpaired) electrons. The average Bonchev–Trinajstić information content (AvgIpc) is 2.75. The second-order valence-corrected chi connectivity index (χ2v) is 6.50. The molecule has 0 fully saturated rings. The third kappa shape index (κ3) is 3.30. The van der Waals surface area contributed by atoms with Gasteiger partial charge in [-0.15, -0.1) is 22.9 Å². The van der Waals surface area contributed by atoms with Crippen LogP contribution >= 0.6 is 22.9 Å². The number of nitrogens with zero attached hydrogens (tertiary/aromatic N) is 1. The van der Waals surface area contributed by atoms with Gasteiger partial charge in [-0.3, -0.25) is 4.79 Å². The smallest absolute Gasteiger partial charge is 0.137 e. The summed E-state index contributed by atoms with van der Waals surface area (Å²) in [4.78, 5) is 16.2. The molecule has 1 heterocycles. The molecule has 0 N–H and O–H groups in total. The first-order valence-electron chi connectivity index (χ1n) is 5.90. The van der Waals surface area contributed by atoms with Gasteiger partial charge in [0.2, 0.25) is 0 Å². The SMILES string of the molecule is CC(C)(CCl)CC(=O)Cc1ccc2ncsc2c1. The minimum absolute atomic E-state index is 0.118. The quantitative estimate of drug-likeness (QED) is 0.774. The summed E-state index contributed by atoms with van der Waals surface area (Å²) in [6, 6.07) is 6.01. The Bertz CT molecular complexity index is 562. The Kier molecular flexibility index (Phi) is 4.03. The minimum Gasteiger partial charge on any atom is -0.299 e. The zero-order chi connectivity index (χ0) is 13.2. The fourth-order valence-electron chi connectivity index (χ4n) is 1.88. The molecule has 0 saturated heterocycles. The van der Waals surface area contributed by atoms with Crippen LogP contribution in [0.15, 0.2) is 23.7 Å². The number of alkyl halides is 1. The maximum Gasteiger partial charge on any atom is 0.137 e. The number of benzene rings is 1. The molecule has 0 atom stereocenters. The van der Waals surface area contributed by atoms with Crippen LogP contribution in [0.1, 0.15) is 25.8 Å². The van der Waals surface area contributed by atoms with E-state index in [0.29, 0.717) is 18.7 Å². The lowest BCUT2D eigenvalue weighted by molar-refractivity contribution is -0.120. The Hall–Kier alpha value is -0.930. The van der Waals surface area contributed by atoms with Crippen LogP contribution in [0.5, 0.6) is 0 Å². The maximum atomic E-state index is 12.0. The van der Waals surface area contributed by atoms with Crippen LogP contribution in [0, 0.1) is 5.41 Å². The molecule has 0 aliphatic rings. The van der Waals surface area contributed by atoms with Crippen molar-refractivity contribution in [2.45, 2.75) is 26.7 Å². The molecule has 0 amide bonds. The van der Waals surface area contributed by atoms with Crippen molar-refractivity contribution in [1.29, 1.82) is 0 Å². The number of Topliss-reactive ketones (excluding diaryl/α,β-unsaturated/α-hetero) is 1. The summed E-state index contributed by atoms with van der Waals surface area (Å²) in [5, 5.41) is 0. The van der Waals surface area contributed by atoms with Crippen LogP contribution in [-0.2, 0) is 11.2 Å². The van der Waals surface area contributed by atoms with Crippen LogP contribution in [0.2, 0.25) is 0 Å². The molecular weight excluding hydrogens is 266 g/mol. The fraction of sp³-hybridized carbons (Fsp3) is 0.429. The summed E-state index contributed by atoms with van der Waals surface area (Å²) in [5.41, 5.74) is 3.76. The predicted molar refractivity (Wildman–Crippen MR) is 77.4 cm³/mol. The molecule has 1 aromatic heterocycles. The standard InChI is InChI=1S/C14H16ClNOS/c1-14(2,8-15)7-11(17)5-10-3-4-12-13(6-10)18-9-16-12/h3-4,6,9H,5,7-8H2,1-2H3. The second kappa shape index (κ2) is 5.37. The van der Waals surface area contributed by atoms with Crippen LogP contribution < -0.4 is 0 Å². The molecule has 2 nitrogen and oxygen atoms in total. The van der Waals surface area contributed by atoms with Crippen molar-refractivity contribution in [2.24, 2.45) is 5.41 Å². The van der Waals surface area contributed by atoms with Crippen LogP contribution in [-0.4, -0.2) is 16.6 Å². The summed E-state index contributed by atoms with van der Waals surface area (Å²) < 4.78 is 1.14. The molecule has 0 saturated carbocycles. The van der Waals surface area contributed by atoms with Crippen LogP contribution in [0.4, 0.5) is 0 Å². The normalized spacial score (nSPS) is 11.9. The highest BCUT2D eigenvalue weighted by Crippen LogP contribution is 2.24. The molecule has 0 bridgehead atoms. The summed E-state index contributed by atoms with van der Waals surface area (Å²) in [6.45, 7) is 4.04. The number of fused-ring (bicyclic) bond motifs is 1. The molecule has 0 aliphatic heterocycles. The van der Waals surface area contributed by atoms with E-state index in [0.717, 1.165) is 15.8 Å². The Balaban J connectivity index is 2.06. The predicted octanol–water partition coefficient (Wildman–Crippen LogP) is 4.06. The highest BCUT2D eigenvalue weighted by Gasteiger charge is 2.20. The van der Waals surface area contributed by atoms with E-state index in [-0.39, 0.29) is 11.2 Å². The van der Waals surface area contributed by atoms with Gasteiger partial charge in [0.25, 0.3) is 0 Å². The van der Waals surface area contributed by atoms with E-state index in [4.69, 9.17) is 11.6 Å². The molecule has 96 valence electrons. The maximum absolute atomic E-state index is 12.0. The molecule has 1 aromatic carbocycles. The van der Waals surface area contributed by atoms with Crippen molar-refractivity contribution in [3.63, 3.8) is 0 Å². The number of halogens is 1. The third-order valence-electron chi connectivity index (χ3n) is 2.83. The first-order chi connectivity index (χ1) is 8.50.